The number of ether oxygens (including phenoxy) is 2. The lowest BCUT2D eigenvalue weighted by atomic mass is 10.0. The second-order valence-electron chi connectivity index (χ2n) is 6.46. The molecule has 0 amide bonds. The zero-order valence-electron chi connectivity index (χ0n) is 13.1. The van der Waals surface area contributed by atoms with Crippen LogP contribution in [-0.2, 0) is 4.74 Å². The Hall–Kier alpha value is -1.42. The molecule has 0 aromatic heterocycles. The smallest absolute Gasteiger partial charge is 0.144 e. The van der Waals surface area contributed by atoms with Crippen LogP contribution in [0.1, 0.15) is 34.6 Å². The molecule has 1 aliphatic rings. The molecule has 2 N–H and O–H groups in total. The van der Waals surface area contributed by atoms with E-state index in [9.17, 15) is 0 Å². The van der Waals surface area contributed by atoms with Crippen LogP contribution in [0, 0.1) is 0 Å². The molecule has 112 valence electrons. The minimum Gasteiger partial charge on any atom is -0.489 e. The van der Waals surface area contributed by atoms with Crippen molar-refractivity contribution in [2.24, 2.45) is 0 Å². The van der Waals surface area contributed by atoms with E-state index in [-0.39, 0.29) is 17.8 Å². The Morgan fingerprint density at radius 2 is 2.10 bits per heavy atom. The average Bonchev–Trinajstić information content (AvgIpc) is 2.28. The van der Waals surface area contributed by atoms with Gasteiger partial charge < -0.3 is 20.1 Å². The summed E-state index contributed by atoms with van der Waals surface area (Å²) in [5, 5.41) is 0. The normalized spacial score (nSPS) is 22.1. The summed E-state index contributed by atoms with van der Waals surface area (Å²) in [6.45, 7) is 12.1. The molecule has 4 nitrogen and oxygen atoms in total. The number of anilines is 2. The maximum absolute atomic E-state index is 5.98. The summed E-state index contributed by atoms with van der Waals surface area (Å²) in [4.78, 5) is 2.33. The maximum atomic E-state index is 5.98. The number of hydrogen-bond acceptors (Lipinski definition) is 4. The zero-order valence-corrected chi connectivity index (χ0v) is 13.1. The summed E-state index contributed by atoms with van der Waals surface area (Å²) >= 11 is 0. The molecule has 1 heterocycles. The molecule has 0 spiro atoms. The first-order valence-corrected chi connectivity index (χ1v) is 7.26. The molecule has 1 fully saturated rings. The Morgan fingerprint density at radius 1 is 1.40 bits per heavy atom. The topological polar surface area (TPSA) is 47.7 Å². The maximum Gasteiger partial charge on any atom is 0.144 e. The van der Waals surface area contributed by atoms with Crippen LogP contribution >= 0.6 is 0 Å². The lowest BCUT2D eigenvalue weighted by molar-refractivity contribution is -0.0749. The van der Waals surface area contributed by atoms with E-state index in [2.05, 4.69) is 31.7 Å². The van der Waals surface area contributed by atoms with Crippen molar-refractivity contribution in [3.63, 3.8) is 0 Å². The predicted octanol–water partition coefficient (Wildman–Crippen LogP) is 3.06. The standard InChI is InChI=1S/C16H26N2O2/c1-11(2)19-15-8-13(6-7-14(15)17)18-9-12(3)20-16(4,5)10-18/h6-8,11-12H,9-10,17H2,1-5H3. The molecule has 20 heavy (non-hydrogen) atoms. The van der Waals surface area contributed by atoms with Crippen molar-refractivity contribution in [1.82, 2.24) is 0 Å². The van der Waals surface area contributed by atoms with Gasteiger partial charge in [-0.25, -0.2) is 0 Å². The van der Waals surface area contributed by atoms with E-state index in [0.717, 1.165) is 24.5 Å². The van der Waals surface area contributed by atoms with E-state index >= 15 is 0 Å². The van der Waals surface area contributed by atoms with Gasteiger partial charge in [0.15, 0.2) is 0 Å². The van der Waals surface area contributed by atoms with Crippen LogP contribution in [0.5, 0.6) is 5.75 Å². The van der Waals surface area contributed by atoms with Crippen molar-refractivity contribution in [3.8, 4) is 5.75 Å². The average molecular weight is 278 g/mol. The highest BCUT2D eigenvalue weighted by atomic mass is 16.5. The largest absolute Gasteiger partial charge is 0.489 e. The second-order valence-corrected chi connectivity index (χ2v) is 6.46. The van der Waals surface area contributed by atoms with Crippen LogP contribution in [0.25, 0.3) is 0 Å². The molecule has 0 aliphatic carbocycles. The molecule has 1 atom stereocenters. The summed E-state index contributed by atoms with van der Waals surface area (Å²) in [5.41, 5.74) is 7.66. The van der Waals surface area contributed by atoms with Crippen LogP contribution in [0.4, 0.5) is 11.4 Å². The van der Waals surface area contributed by atoms with Crippen molar-refractivity contribution < 1.29 is 9.47 Å². The highest BCUT2D eigenvalue weighted by molar-refractivity contribution is 5.62. The molecule has 0 saturated carbocycles. The van der Waals surface area contributed by atoms with Crippen LogP contribution in [-0.4, -0.2) is 30.9 Å². The number of hydrogen-bond donors (Lipinski definition) is 1. The number of morpholine rings is 1. The Morgan fingerprint density at radius 3 is 2.70 bits per heavy atom. The number of rotatable bonds is 3. The predicted molar refractivity (Wildman–Crippen MR) is 83.5 cm³/mol. The minimum atomic E-state index is -0.141. The number of nitrogens with zero attached hydrogens (tertiary/aromatic N) is 1. The Labute approximate surface area is 121 Å². The van der Waals surface area contributed by atoms with E-state index in [1.54, 1.807) is 0 Å². The lowest BCUT2D eigenvalue weighted by Gasteiger charge is -2.43. The van der Waals surface area contributed by atoms with E-state index in [1.807, 2.05) is 26.0 Å². The second kappa shape index (κ2) is 5.52. The molecule has 0 bridgehead atoms. The molecule has 1 aromatic rings. The monoisotopic (exact) mass is 278 g/mol. The molecular weight excluding hydrogens is 252 g/mol. The fourth-order valence-corrected chi connectivity index (χ4v) is 2.73. The fourth-order valence-electron chi connectivity index (χ4n) is 2.73. The van der Waals surface area contributed by atoms with Crippen LogP contribution < -0.4 is 15.4 Å². The minimum absolute atomic E-state index is 0.118. The van der Waals surface area contributed by atoms with Gasteiger partial charge in [0, 0.05) is 24.8 Å². The van der Waals surface area contributed by atoms with Crippen molar-refractivity contribution in [1.29, 1.82) is 0 Å². The molecule has 0 radical (unpaired) electrons. The molecule has 1 aromatic carbocycles. The van der Waals surface area contributed by atoms with Crippen LogP contribution in [0.15, 0.2) is 18.2 Å². The highest BCUT2D eigenvalue weighted by Gasteiger charge is 2.31. The summed E-state index contributed by atoms with van der Waals surface area (Å²) in [6.07, 6.45) is 0.332. The highest BCUT2D eigenvalue weighted by Crippen LogP contribution is 2.32. The van der Waals surface area contributed by atoms with Gasteiger partial charge in [-0.2, -0.15) is 0 Å². The summed E-state index contributed by atoms with van der Waals surface area (Å²) in [7, 11) is 0. The third kappa shape index (κ3) is 3.57. The quantitative estimate of drug-likeness (QED) is 0.863. The lowest BCUT2D eigenvalue weighted by Crippen LogP contribution is -2.52. The first-order valence-electron chi connectivity index (χ1n) is 7.26. The Kier molecular flexibility index (Phi) is 4.14. The van der Waals surface area contributed by atoms with Crippen molar-refractivity contribution in [3.05, 3.63) is 18.2 Å². The number of nitrogen functional groups attached to an aromatic ring is 1. The van der Waals surface area contributed by atoms with Crippen LogP contribution in [0.3, 0.4) is 0 Å². The van der Waals surface area contributed by atoms with Gasteiger partial charge in [0.1, 0.15) is 5.75 Å². The van der Waals surface area contributed by atoms with Gasteiger partial charge in [-0.1, -0.05) is 0 Å². The summed E-state index contributed by atoms with van der Waals surface area (Å²) in [6, 6.07) is 6.00. The van der Waals surface area contributed by atoms with E-state index < -0.39 is 0 Å². The van der Waals surface area contributed by atoms with E-state index in [1.165, 1.54) is 0 Å². The molecule has 1 unspecified atom stereocenters. The van der Waals surface area contributed by atoms with Crippen LogP contribution in [0.2, 0.25) is 0 Å². The first-order chi connectivity index (χ1) is 9.27. The zero-order chi connectivity index (χ0) is 14.9. The van der Waals surface area contributed by atoms with Gasteiger partial charge >= 0.3 is 0 Å². The SMILES string of the molecule is CC(C)Oc1cc(N2CC(C)OC(C)(C)C2)ccc1N. The van der Waals surface area contributed by atoms with Gasteiger partial charge in [-0.05, 0) is 46.8 Å². The van der Waals surface area contributed by atoms with E-state index in [4.69, 9.17) is 15.2 Å². The summed E-state index contributed by atoms with van der Waals surface area (Å²) < 4.78 is 11.7. The van der Waals surface area contributed by atoms with Gasteiger partial charge in [0.05, 0.1) is 23.5 Å². The van der Waals surface area contributed by atoms with Gasteiger partial charge in [-0.15, -0.1) is 0 Å². The van der Waals surface area contributed by atoms with Gasteiger partial charge in [0.2, 0.25) is 0 Å². The molecule has 2 rings (SSSR count). The number of nitrogens with two attached hydrogens (primary N) is 1. The Bertz CT molecular complexity index is 472. The van der Waals surface area contributed by atoms with Gasteiger partial charge in [-0.3, -0.25) is 0 Å². The number of benzene rings is 1. The summed E-state index contributed by atoms with van der Waals surface area (Å²) in [5.74, 6) is 0.759. The van der Waals surface area contributed by atoms with Crippen molar-refractivity contribution >= 4 is 11.4 Å². The Balaban J connectivity index is 2.24. The van der Waals surface area contributed by atoms with Crippen molar-refractivity contribution in [2.45, 2.75) is 52.4 Å². The molecule has 1 aliphatic heterocycles. The van der Waals surface area contributed by atoms with Crippen molar-refractivity contribution in [2.75, 3.05) is 23.7 Å². The molecule has 1 saturated heterocycles. The third-order valence-corrected chi connectivity index (χ3v) is 3.29. The fraction of sp³-hybridized carbons (Fsp3) is 0.625. The van der Waals surface area contributed by atoms with Gasteiger partial charge in [0.25, 0.3) is 0 Å². The van der Waals surface area contributed by atoms with E-state index in [0.29, 0.717) is 5.69 Å². The first kappa shape index (κ1) is 15.0. The molecule has 4 heteroatoms. The third-order valence-electron chi connectivity index (χ3n) is 3.29. The molecular formula is C16H26N2O2.